The lowest BCUT2D eigenvalue weighted by Gasteiger charge is -2.10. The van der Waals surface area contributed by atoms with Gasteiger partial charge in [-0.2, -0.15) is 0 Å². The number of thiophene rings is 1. The zero-order chi connectivity index (χ0) is 12.5. The van der Waals surface area contributed by atoms with Crippen LogP contribution in [0.15, 0.2) is 11.0 Å². The van der Waals surface area contributed by atoms with Crippen LogP contribution in [0.1, 0.15) is 16.2 Å². The van der Waals surface area contributed by atoms with Crippen molar-refractivity contribution in [2.75, 3.05) is 13.2 Å². The standard InChI is InChI=1S/C10H16N2O3S2/c1-7-10(4-9(5-11)16-7)17(13,14)12-8-2-3-15-6-8/h4,8,12H,2-3,5-6,11H2,1H3. The molecule has 0 aliphatic carbocycles. The maximum Gasteiger partial charge on any atom is 0.242 e. The Bertz CT molecular complexity index is 490. The van der Waals surface area contributed by atoms with Crippen molar-refractivity contribution in [2.24, 2.45) is 5.73 Å². The summed E-state index contributed by atoms with van der Waals surface area (Å²) in [5, 5.41) is 0. The highest BCUT2D eigenvalue weighted by atomic mass is 32.2. The molecule has 1 aliphatic rings. The zero-order valence-electron chi connectivity index (χ0n) is 9.60. The van der Waals surface area contributed by atoms with Crippen molar-refractivity contribution in [3.63, 3.8) is 0 Å². The summed E-state index contributed by atoms with van der Waals surface area (Å²) >= 11 is 1.42. The number of hydrogen-bond donors (Lipinski definition) is 2. The van der Waals surface area contributed by atoms with E-state index in [0.29, 0.717) is 24.7 Å². The van der Waals surface area contributed by atoms with Crippen molar-refractivity contribution >= 4 is 21.4 Å². The van der Waals surface area contributed by atoms with Gasteiger partial charge in [-0.25, -0.2) is 13.1 Å². The van der Waals surface area contributed by atoms with E-state index in [0.717, 1.165) is 16.2 Å². The number of hydrogen-bond acceptors (Lipinski definition) is 5. The molecule has 2 rings (SSSR count). The summed E-state index contributed by atoms with van der Waals surface area (Å²) in [4.78, 5) is 2.00. The first kappa shape index (κ1) is 13.0. The van der Waals surface area contributed by atoms with Crippen LogP contribution in [0.3, 0.4) is 0 Å². The lowest BCUT2D eigenvalue weighted by atomic mass is 10.3. The van der Waals surface area contributed by atoms with Crippen molar-refractivity contribution in [2.45, 2.75) is 30.8 Å². The maximum absolute atomic E-state index is 12.1. The van der Waals surface area contributed by atoms with E-state index in [1.807, 2.05) is 0 Å². The second-order valence-electron chi connectivity index (χ2n) is 4.02. The van der Waals surface area contributed by atoms with Crippen LogP contribution in [-0.4, -0.2) is 27.7 Å². The van der Waals surface area contributed by atoms with Gasteiger partial charge < -0.3 is 10.5 Å². The molecule has 96 valence electrons. The second kappa shape index (κ2) is 5.03. The van der Waals surface area contributed by atoms with Crippen LogP contribution >= 0.6 is 11.3 Å². The minimum absolute atomic E-state index is 0.111. The van der Waals surface area contributed by atoms with Crippen LogP contribution < -0.4 is 10.5 Å². The highest BCUT2D eigenvalue weighted by Crippen LogP contribution is 2.25. The number of rotatable bonds is 4. The third-order valence-corrected chi connectivity index (χ3v) is 5.51. The maximum atomic E-state index is 12.1. The molecule has 5 nitrogen and oxygen atoms in total. The van der Waals surface area contributed by atoms with Gasteiger partial charge in [0.15, 0.2) is 0 Å². The largest absolute Gasteiger partial charge is 0.380 e. The number of sulfonamides is 1. The van der Waals surface area contributed by atoms with Gasteiger partial charge in [-0.1, -0.05) is 0 Å². The Morgan fingerprint density at radius 2 is 2.41 bits per heavy atom. The summed E-state index contributed by atoms with van der Waals surface area (Å²) in [6.45, 7) is 3.23. The molecule has 17 heavy (non-hydrogen) atoms. The quantitative estimate of drug-likeness (QED) is 0.843. The van der Waals surface area contributed by atoms with Crippen LogP contribution in [0.2, 0.25) is 0 Å². The van der Waals surface area contributed by atoms with Gasteiger partial charge in [0, 0.05) is 28.9 Å². The van der Waals surface area contributed by atoms with Crippen molar-refractivity contribution < 1.29 is 13.2 Å². The highest BCUT2D eigenvalue weighted by Gasteiger charge is 2.25. The van der Waals surface area contributed by atoms with Crippen LogP contribution in [0.4, 0.5) is 0 Å². The molecule has 0 amide bonds. The molecule has 0 radical (unpaired) electrons. The lowest BCUT2D eigenvalue weighted by molar-refractivity contribution is 0.192. The Balaban J connectivity index is 2.21. The first-order valence-electron chi connectivity index (χ1n) is 5.42. The Morgan fingerprint density at radius 3 is 2.94 bits per heavy atom. The Morgan fingerprint density at radius 1 is 1.65 bits per heavy atom. The summed E-state index contributed by atoms with van der Waals surface area (Å²) in [6.07, 6.45) is 0.728. The Kier molecular flexibility index (Phi) is 3.84. The van der Waals surface area contributed by atoms with E-state index >= 15 is 0 Å². The topological polar surface area (TPSA) is 81.4 Å². The van der Waals surface area contributed by atoms with Gasteiger partial charge in [-0.15, -0.1) is 11.3 Å². The number of nitrogens with two attached hydrogens (primary N) is 1. The monoisotopic (exact) mass is 276 g/mol. The Labute approximate surface area is 105 Å². The number of ether oxygens (including phenoxy) is 1. The molecule has 1 saturated heterocycles. The molecule has 2 heterocycles. The van der Waals surface area contributed by atoms with E-state index in [1.54, 1.807) is 13.0 Å². The first-order chi connectivity index (χ1) is 8.03. The van der Waals surface area contributed by atoms with E-state index in [2.05, 4.69) is 4.72 Å². The first-order valence-corrected chi connectivity index (χ1v) is 7.72. The molecular formula is C10H16N2O3S2. The van der Waals surface area contributed by atoms with Gasteiger partial charge in [0.2, 0.25) is 10.0 Å². The lowest BCUT2D eigenvalue weighted by Crippen LogP contribution is -2.35. The summed E-state index contributed by atoms with van der Waals surface area (Å²) < 4.78 is 32.1. The van der Waals surface area contributed by atoms with Gasteiger partial charge in [-0.05, 0) is 19.4 Å². The second-order valence-corrected chi connectivity index (χ2v) is 7.04. The van der Waals surface area contributed by atoms with Crippen molar-refractivity contribution in [3.05, 3.63) is 15.8 Å². The fourth-order valence-electron chi connectivity index (χ4n) is 1.80. The molecule has 1 fully saturated rings. The van der Waals surface area contributed by atoms with Crippen LogP contribution in [0.5, 0.6) is 0 Å². The van der Waals surface area contributed by atoms with Gasteiger partial charge in [0.25, 0.3) is 0 Å². The minimum atomic E-state index is -3.44. The van der Waals surface area contributed by atoms with Crippen molar-refractivity contribution in [1.82, 2.24) is 4.72 Å². The van der Waals surface area contributed by atoms with Gasteiger partial charge in [0.05, 0.1) is 11.5 Å². The van der Waals surface area contributed by atoms with Gasteiger partial charge in [0.1, 0.15) is 0 Å². The molecule has 1 aromatic heterocycles. The molecule has 0 bridgehead atoms. The predicted molar refractivity (Wildman–Crippen MR) is 66.5 cm³/mol. The fraction of sp³-hybridized carbons (Fsp3) is 0.600. The van der Waals surface area contributed by atoms with E-state index in [1.165, 1.54) is 11.3 Å². The molecule has 1 unspecified atom stereocenters. The van der Waals surface area contributed by atoms with Crippen LogP contribution in [-0.2, 0) is 21.3 Å². The van der Waals surface area contributed by atoms with Gasteiger partial charge >= 0.3 is 0 Å². The fourth-order valence-corrected chi connectivity index (χ4v) is 4.57. The smallest absolute Gasteiger partial charge is 0.242 e. The van der Waals surface area contributed by atoms with Gasteiger partial charge in [-0.3, -0.25) is 0 Å². The third kappa shape index (κ3) is 2.86. The summed E-state index contributed by atoms with van der Waals surface area (Å²) in [5.74, 6) is 0. The van der Waals surface area contributed by atoms with Crippen LogP contribution in [0, 0.1) is 6.92 Å². The molecule has 1 aliphatic heterocycles. The summed E-state index contributed by atoms with van der Waals surface area (Å²) in [6, 6.07) is 1.54. The molecule has 3 N–H and O–H groups in total. The SMILES string of the molecule is Cc1sc(CN)cc1S(=O)(=O)NC1CCOC1. The van der Waals surface area contributed by atoms with Crippen molar-refractivity contribution in [1.29, 1.82) is 0 Å². The number of aryl methyl sites for hydroxylation is 1. The van der Waals surface area contributed by atoms with Crippen LogP contribution in [0.25, 0.3) is 0 Å². The van der Waals surface area contributed by atoms with E-state index < -0.39 is 10.0 Å². The molecule has 0 spiro atoms. The summed E-state index contributed by atoms with van der Waals surface area (Å²) in [7, 11) is -3.44. The molecule has 1 aromatic rings. The predicted octanol–water partition coefficient (Wildman–Crippen LogP) is 0.582. The Hall–Kier alpha value is -0.470. The highest BCUT2D eigenvalue weighted by molar-refractivity contribution is 7.89. The summed E-state index contributed by atoms with van der Waals surface area (Å²) in [5.41, 5.74) is 5.51. The molecule has 0 aromatic carbocycles. The molecule has 1 atom stereocenters. The van der Waals surface area contributed by atoms with Crippen molar-refractivity contribution in [3.8, 4) is 0 Å². The third-order valence-electron chi connectivity index (χ3n) is 2.67. The van der Waals surface area contributed by atoms with E-state index in [4.69, 9.17) is 10.5 Å². The van der Waals surface area contributed by atoms with E-state index in [-0.39, 0.29) is 6.04 Å². The average Bonchev–Trinajstić information content (AvgIpc) is 2.86. The molecule has 0 saturated carbocycles. The normalized spacial score (nSPS) is 20.9. The average molecular weight is 276 g/mol. The molecular weight excluding hydrogens is 260 g/mol. The van der Waals surface area contributed by atoms with E-state index in [9.17, 15) is 8.42 Å². The molecule has 7 heteroatoms. The number of nitrogens with one attached hydrogen (secondary N) is 1. The zero-order valence-corrected chi connectivity index (χ0v) is 11.2. The minimum Gasteiger partial charge on any atom is -0.380 e.